The summed E-state index contributed by atoms with van der Waals surface area (Å²) in [5.74, 6) is -1.23. The molecule has 3 heterocycles. The fourth-order valence-electron chi connectivity index (χ4n) is 3.07. The summed E-state index contributed by atoms with van der Waals surface area (Å²) in [6, 6.07) is 7.90. The second kappa shape index (κ2) is 4.82. The van der Waals surface area contributed by atoms with Crippen molar-refractivity contribution in [3.8, 4) is 0 Å². The third-order valence-electron chi connectivity index (χ3n) is 4.10. The Morgan fingerprint density at radius 3 is 2.50 bits per heavy atom. The van der Waals surface area contributed by atoms with Gasteiger partial charge in [0.25, 0.3) is 0 Å². The monoisotopic (exact) mass is 332 g/mol. The predicted molar refractivity (Wildman–Crippen MR) is 84.2 cm³/mol. The molecule has 0 unspecified atom stereocenters. The number of imide groups is 1. The average molecular weight is 332 g/mol. The number of rotatable bonds is 1. The zero-order chi connectivity index (χ0) is 15.4. The highest BCUT2D eigenvalue weighted by Gasteiger charge is 2.52. The molecule has 0 bridgehead atoms. The first kappa shape index (κ1) is 13.8. The van der Waals surface area contributed by atoms with Gasteiger partial charge in [-0.1, -0.05) is 52.9 Å². The molecule has 112 valence electrons. The smallest absolute Gasteiger partial charge is 0.305 e. The van der Waals surface area contributed by atoms with Crippen LogP contribution in [0.15, 0.2) is 34.1 Å². The van der Waals surface area contributed by atoms with Gasteiger partial charge in [-0.2, -0.15) is 0 Å². The van der Waals surface area contributed by atoms with Gasteiger partial charge >= 0.3 is 4.87 Å². The molecule has 2 amide bonds. The topological polar surface area (TPSA) is 79.0 Å². The highest BCUT2D eigenvalue weighted by Crippen LogP contribution is 2.50. The number of H-pyrrole nitrogens is 1. The van der Waals surface area contributed by atoms with Crippen LogP contribution in [-0.4, -0.2) is 22.0 Å². The van der Waals surface area contributed by atoms with Crippen molar-refractivity contribution in [1.82, 2.24) is 10.3 Å². The molecule has 3 atom stereocenters. The Bertz CT molecular complexity index is 837. The molecular formula is C15H12N2O3S2. The molecule has 1 fully saturated rings. The maximum atomic E-state index is 12.3. The van der Waals surface area contributed by atoms with Crippen LogP contribution in [0.4, 0.5) is 0 Å². The fraction of sp³-hybridized carbons (Fsp3) is 0.267. The standard InChI is InChI=1S/C15H12N2O3S2/c1-6-2-4-7(5-3-6)8-9-10(13(19)16-12(9)18)21-14-11(8)22-15(20)17-14/h2-5,8-10H,1H3,(H,17,20)(H,16,18,19)/t8-,9+,10-/m1/s1. The molecule has 0 aliphatic carbocycles. The predicted octanol–water partition coefficient (Wildman–Crippen LogP) is 1.62. The summed E-state index contributed by atoms with van der Waals surface area (Å²) in [6.45, 7) is 2.00. The van der Waals surface area contributed by atoms with E-state index in [1.807, 2.05) is 31.2 Å². The van der Waals surface area contributed by atoms with Gasteiger partial charge in [0.05, 0.1) is 10.9 Å². The molecule has 22 heavy (non-hydrogen) atoms. The van der Waals surface area contributed by atoms with E-state index in [4.69, 9.17) is 0 Å². The fourth-order valence-corrected chi connectivity index (χ4v) is 5.55. The maximum absolute atomic E-state index is 12.3. The summed E-state index contributed by atoms with van der Waals surface area (Å²) in [6.07, 6.45) is 0. The maximum Gasteiger partial charge on any atom is 0.305 e. The molecule has 0 saturated carbocycles. The normalized spacial score (nSPS) is 26.5. The SMILES string of the molecule is Cc1ccc([C@H]2c3sc(=O)[nH]c3S[C@H]3C(=O)NC(=O)[C@@H]23)cc1. The van der Waals surface area contributed by atoms with Crippen molar-refractivity contribution in [3.63, 3.8) is 0 Å². The lowest BCUT2D eigenvalue weighted by atomic mass is 9.83. The lowest BCUT2D eigenvalue weighted by Gasteiger charge is -2.29. The summed E-state index contributed by atoms with van der Waals surface area (Å²) in [5, 5.41) is 2.66. The zero-order valence-electron chi connectivity index (χ0n) is 11.6. The van der Waals surface area contributed by atoms with E-state index in [2.05, 4.69) is 10.3 Å². The number of hydrogen-bond donors (Lipinski definition) is 2. The summed E-state index contributed by atoms with van der Waals surface area (Å²) in [5.41, 5.74) is 2.09. The van der Waals surface area contributed by atoms with Crippen LogP contribution in [0.25, 0.3) is 0 Å². The quantitative estimate of drug-likeness (QED) is 0.778. The number of carbonyl (C=O) groups is 2. The average Bonchev–Trinajstić information content (AvgIpc) is 2.98. The zero-order valence-corrected chi connectivity index (χ0v) is 13.2. The molecule has 1 aromatic carbocycles. The van der Waals surface area contributed by atoms with Crippen LogP contribution in [-0.2, 0) is 9.59 Å². The number of amides is 2. The van der Waals surface area contributed by atoms with E-state index in [0.29, 0.717) is 5.03 Å². The van der Waals surface area contributed by atoms with Gasteiger partial charge in [0.15, 0.2) is 0 Å². The Morgan fingerprint density at radius 1 is 1.05 bits per heavy atom. The largest absolute Gasteiger partial charge is 0.307 e. The number of aromatic nitrogens is 1. The van der Waals surface area contributed by atoms with E-state index >= 15 is 0 Å². The number of benzene rings is 1. The number of thiazole rings is 1. The highest BCUT2D eigenvalue weighted by molar-refractivity contribution is 8.00. The molecule has 0 radical (unpaired) electrons. The molecule has 5 nitrogen and oxygen atoms in total. The van der Waals surface area contributed by atoms with E-state index in [0.717, 1.165) is 27.3 Å². The first-order valence-electron chi connectivity index (χ1n) is 6.85. The first-order valence-corrected chi connectivity index (χ1v) is 8.55. The summed E-state index contributed by atoms with van der Waals surface area (Å²) >= 11 is 2.41. The molecule has 2 aliphatic heterocycles. The van der Waals surface area contributed by atoms with E-state index in [1.165, 1.54) is 11.8 Å². The number of carbonyl (C=O) groups excluding carboxylic acids is 2. The number of nitrogens with one attached hydrogen (secondary N) is 2. The van der Waals surface area contributed by atoms with Gasteiger partial charge in [0, 0.05) is 10.8 Å². The van der Waals surface area contributed by atoms with Crippen molar-refractivity contribution in [2.75, 3.05) is 0 Å². The van der Waals surface area contributed by atoms with Gasteiger partial charge < -0.3 is 4.98 Å². The van der Waals surface area contributed by atoms with E-state index in [9.17, 15) is 14.4 Å². The van der Waals surface area contributed by atoms with Crippen molar-refractivity contribution in [3.05, 3.63) is 49.9 Å². The van der Waals surface area contributed by atoms with E-state index in [-0.39, 0.29) is 22.6 Å². The van der Waals surface area contributed by atoms with Crippen LogP contribution in [0.5, 0.6) is 0 Å². The number of aromatic amines is 1. The first-order chi connectivity index (χ1) is 10.5. The Morgan fingerprint density at radius 2 is 1.77 bits per heavy atom. The number of hydrogen-bond acceptors (Lipinski definition) is 5. The van der Waals surface area contributed by atoms with Crippen LogP contribution in [0.2, 0.25) is 0 Å². The van der Waals surface area contributed by atoms with Gasteiger partial charge in [-0.05, 0) is 12.5 Å². The third kappa shape index (κ3) is 1.96. The van der Waals surface area contributed by atoms with Crippen molar-refractivity contribution in [2.24, 2.45) is 5.92 Å². The van der Waals surface area contributed by atoms with E-state index < -0.39 is 11.2 Å². The molecule has 7 heteroatoms. The summed E-state index contributed by atoms with van der Waals surface area (Å²) < 4.78 is 0. The second-order valence-corrected chi connectivity index (χ2v) is 7.68. The molecule has 4 rings (SSSR count). The summed E-state index contributed by atoms with van der Waals surface area (Å²) in [4.78, 5) is 39.5. The number of fused-ring (bicyclic) bond motifs is 2. The van der Waals surface area contributed by atoms with Gasteiger partial charge in [0.2, 0.25) is 11.8 Å². The lowest BCUT2D eigenvalue weighted by Crippen LogP contribution is -2.31. The van der Waals surface area contributed by atoms with Gasteiger partial charge in [-0.3, -0.25) is 19.7 Å². The van der Waals surface area contributed by atoms with Crippen LogP contribution >= 0.6 is 23.1 Å². The molecule has 0 spiro atoms. The van der Waals surface area contributed by atoms with Gasteiger partial charge in [-0.25, -0.2) is 0 Å². The van der Waals surface area contributed by atoms with Gasteiger partial charge in [0.1, 0.15) is 5.25 Å². The van der Waals surface area contributed by atoms with Crippen molar-refractivity contribution in [2.45, 2.75) is 23.1 Å². The Balaban J connectivity index is 1.91. The van der Waals surface area contributed by atoms with Crippen molar-refractivity contribution < 1.29 is 9.59 Å². The summed E-state index contributed by atoms with van der Waals surface area (Å²) in [7, 11) is 0. The minimum Gasteiger partial charge on any atom is -0.307 e. The minimum atomic E-state index is -0.475. The Labute approximate surface area is 134 Å². The Kier molecular flexibility index (Phi) is 3.02. The second-order valence-electron chi connectivity index (χ2n) is 5.51. The van der Waals surface area contributed by atoms with Crippen molar-refractivity contribution in [1.29, 1.82) is 0 Å². The number of thioether (sulfide) groups is 1. The Hall–Kier alpha value is -1.86. The molecule has 2 aliphatic rings. The molecule has 1 aromatic heterocycles. The molecule has 2 N–H and O–H groups in total. The van der Waals surface area contributed by atoms with Crippen LogP contribution in [0.1, 0.15) is 21.9 Å². The molecule has 2 aromatic rings. The molecule has 1 saturated heterocycles. The highest BCUT2D eigenvalue weighted by atomic mass is 32.2. The van der Waals surface area contributed by atoms with Crippen LogP contribution < -0.4 is 10.2 Å². The van der Waals surface area contributed by atoms with Crippen molar-refractivity contribution >= 4 is 34.9 Å². The lowest BCUT2D eigenvalue weighted by molar-refractivity contribution is -0.125. The van der Waals surface area contributed by atoms with Gasteiger partial charge in [-0.15, -0.1) is 0 Å². The van der Waals surface area contributed by atoms with Crippen LogP contribution in [0, 0.1) is 12.8 Å². The van der Waals surface area contributed by atoms with E-state index in [1.54, 1.807) is 0 Å². The van der Waals surface area contributed by atoms with Crippen LogP contribution in [0.3, 0.4) is 0 Å². The number of aryl methyl sites for hydroxylation is 1. The third-order valence-corrected chi connectivity index (χ3v) is 6.51. The molecular weight excluding hydrogens is 320 g/mol. The minimum absolute atomic E-state index is 0.151.